The van der Waals surface area contributed by atoms with Crippen LogP contribution in [0.1, 0.15) is 25.0 Å². The van der Waals surface area contributed by atoms with Gasteiger partial charge in [-0.1, -0.05) is 42.3 Å². The lowest BCUT2D eigenvalue weighted by Crippen LogP contribution is -2.22. The lowest BCUT2D eigenvalue weighted by Gasteiger charge is -2.13. The van der Waals surface area contributed by atoms with Crippen LogP contribution >= 0.6 is 23.2 Å². The van der Waals surface area contributed by atoms with E-state index in [1.807, 2.05) is 0 Å². The number of aliphatic hydroxyl groups excluding tert-OH is 1. The quantitative estimate of drug-likeness (QED) is 0.785. The van der Waals surface area contributed by atoms with Gasteiger partial charge in [0.1, 0.15) is 0 Å². The number of hydrogen-bond acceptors (Lipinski definition) is 2. The predicted octanol–water partition coefficient (Wildman–Crippen LogP) is 3.03. The molecule has 2 nitrogen and oxygen atoms in total. The molecule has 1 unspecified atom stereocenters. The van der Waals surface area contributed by atoms with E-state index in [9.17, 15) is 5.11 Å². The SMILES string of the molecule is CCCNCC(O)c1cccc(Cl)c1Cl. The molecule has 0 radical (unpaired) electrons. The van der Waals surface area contributed by atoms with Gasteiger partial charge in [-0.15, -0.1) is 0 Å². The molecule has 0 saturated carbocycles. The Balaban J connectivity index is 2.65. The van der Waals surface area contributed by atoms with Gasteiger partial charge in [-0.2, -0.15) is 0 Å². The zero-order valence-corrected chi connectivity index (χ0v) is 10.1. The van der Waals surface area contributed by atoms with Crippen molar-refractivity contribution in [3.63, 3.8) is 0 Å². The van der Waals surface area contributed by atoms with E-state index in [-0.39, 0.29) is 0 Å². The Kier molecular flexibility index (Phi) is 5.40. The fourth-order valence-corrected chi connectivity index (χ4v) is 1.74. The minimum Gasteiger partial charge on any atom is -0.387 e. The minimum absolute atomic E-state index is 0.435. The molecule has 1 aromatic carbocycles. The summed E-state index contributed by atoms with van der Waals surface area (Å²) in [5.41, 5.74) is 0.674. The van der Waals surface area contributed by atoms with Gasteiger partial charge in [0.15, 0.2) is 0 Å². The highest BCUT2D eigenvalue weighted by atomic mass is 35.5. The van der Waals surface area contributed by atoms with Gasteiger partial charge in [0.2, 0.25) is 0 Å². The van der Waals surface area contributed by atoms with Gasteiger partial charge in [-0.3, -0.25) is 0 Å². The number of halogens is 2. The van der Waals surface area contributed by atoms with Crippen molar-refractivity contribution >= 4 is 23.2 Å². The third-order valence-corrected chi connectivity index (χ3v) is 2.94. The van der Waals surface area contributed by atoms with Crippen LogP contribution in [0.2, 0.25) is 10.0 Å². The highest BCUT2D eigenvalue weighted by Gasteiger charge is 2.12. The predicted molar refractivity (Wildman–Crippen MR) is 64.6 cm³/mol. The molecule has 0 heterocycles. The Morgan fingerprint density at radius 1 is 1.40 bits per heavy atom. The van der Waals surface area contributed by atoms with Crippen molar-refractivity contribution in [3.8, 4) is 0 Å². The first kappa shape index (κ1) is 12.8. The van der Waals surface area contributed by atoms with Gasteiger partial charge in [-0.05, 0) is 19.0 Å². The van der Waals surface area contributed by atoms with Gasteiger partial charge >= 0.3 is 0 Å². The standard InChI is InChI=1S/C11H15Cl2NO/c1-2-6-14-7-10(15)8-4-3-5-9(12)11(8)13/h3-5,10,14-15H,2,6-7H2,1H3. The molecule has 0 spiro atoms. The molecule has 1 rings (SSSR count). The third kappa shape index (κ3) is 3.65. The van der Waals surface area contributed by atoms with Crippen molar-refractivity contribution in [1.82, 2.24) is 5.32 Å². The van der Waals surface area contributed by atoms with Crippen LogP contribution in [0, 0.1) is 0 Å². The van der Waals surface area contributed by atoms with Crippen LogP contribution in [-0.4, -0.2) is 18.2 Å². The maximum atomic E-state index is 9.85. The Morgan fingerprint density at radius 2 is 2.13 bits per heavy atom. The molecular formula is C11H15Cl2NO. The summed E-state index contributed by atoms with van der Waals surface area (Å²) in [6.07, 6.45) is 0.429. The first-order chi connectivity index (χ1) is 7.16. The van der Waals surface area contributed by atoms with E-state index in [0.717, 1.165) is 13.0 Å². The van der Waals surface area contributed by atoms with Crippen molar-refractivity contribution in [3.05, 3.63) is 33.8 Å². The summed E-state index contributed by atoms with van der Waals surface area (Å²) in [6, 6.07) is 5.28. The molecule has 15 heavy (non-hydrogen) atoms. The molecule has 0 aliphatic heterocycles. The van der Waals surface area contributed by atoms with Crippen molar-refractivity contribution in [2.45, 2.75) is 19.4 Å². The third-order valence-electron chi connectivity index (χ3n) is 2.10. The molecule has 0 amide bonds. The Hall–Kier alpha value is -0.280. The van der Waals surface area contributed by atoms with Crippen molar-refractivity contribution in [1.29, 1.82) is 0 Å². The molecule has 84 valence electrons. The van der Waals surface area contributed by atoms with E-state index >= 15 is 0 Å². The minimum atomic E-state index is -0.609. The monoisotopic (exact) mass is 247 g/mol. The highest BCUT2D eigenvalue weighted by molar-refractivity contribution is 6.42. The van der Waals surface area contributed by atoms with Crippen molar-refractivity contribution < 1.29 is 5.11 Å². The number of hydrogen-bond donors (Lipinski definition) is 2. The number of benzene rings is 1. The largest absolute Gasteiger partial charge is 0.387 e. The lowest BCUT2D eigenvalue weighted by atomic mass is 10.1. The molecule has 0 saturated heterocycles. The molecule has 0 aliphatic rings. The number of rotatable bonds is 5. The number of nitrogens with one attached hydrogen (secondary N) is 1. The second kappa shape index (κ2) is 6.33. The topological polar surface area (TPSA) is 32.3 Å². The van der Waals surface area contributed by atoms with Crippen LogP contribution in [-0.2, 0) is 0 Å². The Morgan fingerprint density at radius 3 is 2.80 bits per heavy atom. The van der Waals surface area contributed by atoms with Gasteiger partial charge in [0.25, 0.3) is 0 Å². The summed E-state index contributed by atoms with van der Waals surface area (Å²) in [6.45, 7) is 3.45. The van der Waals surface area contributed by atoms with Crippen molar-refractivity contribution in [2.75, 3.05) is 13.1 Å². The second-order valence-corrected chi connectivity index (χ2v) is 4.15. The first-order valence-electron chi connectivity index (χ1n) is 4.99. The Bertz CT molecular complexity index is 317. The maximum Gasteiger partial charge on any atom is 0.0929 e. The summed E-state index contributed by atoms with van der Waals surface area (Å²) in [5, 5.41) is 13.9. The average Bonchev–Trinajstić information content (AvgIpc) is 2.22. The molecule has 2 N–H and O–H groups in total. The van der Waals surface area contributed by atoms with Crippen LogP contribution in [0.4, 0.5) is 0 Å². The van der Waals surface area contributed by atoms with E-state index in [0.29, 0.717) is 22.2 Å². The molecule has 1 atom stereocenters. The highest BCUT2D eigenvalue weighted by Crippen LogP contribution is 2.29. The smallest absolute Gasteiger partial charge is 0.0929 e. The van der Waals surface area contributed by atoms with E-state index in [1.54, 1.807) is 18.2 Å². The summed E-state index contributed by atoms with van der Waals surface area (Å²) >= 11 is 11.8. The van der Waals surface area contributed by atoms with Crippen molar-refractivity contribution in [2.24, 2.45) is 0 Å². The molecule has 0 bridgehead atoms. The summed E-state index contributed by atoms with van der Waals surface area (Å²) < 4.78 is 0. The molecule has 1 aromatic rings. The fraction of sp³-hybridized carbons (Fsp3) is 0.455. The van der Waals surface area contributed by atoms with Gasteiger partial charge < -0.3 is 10.4 Å². The fourth-order valence-electron chi connectivity index (χ4n) is 1.30. The maximum absolute atomic E-state index is 9.85. The van der Waals surface area contributed by atoms with E-state index in [2.05, 4.69) is 12.2 Å². The average molecular weight is 248 g/mol. The van der Waals surface area contributed by atoms with E-state index < -0.39 is 6.10 Å². The molecule has 0 fully saturated rings. The molecule has 0 aliphatic carbocycles. The van der Waals surface area contributed by atoms with Crippen LogP contribution in [0.3, 0.4) is 0 Å². The first-order valence-corrected chi connectivity index (χ1v) is 5.75. The lowest BCUT2D eigenvalue weighted by molar-refractivity contribution is 0.175. The molecule has 4 heteroatoms. The van der Waals surface area contributed by atoms with Gasteiger partial charge in [-0.25, -0.2) is 0 Å². The van der Waals surface area contributed by atoms with Gasteiger partial charge in [0.05, 0.1) is 16.1 Å². The normalized spacial score (nSPS) is 12.8. The van der Waals surface area contributed by atoms with Crippen LogP contribution < -0.4 is 5.32 Å². The van der Waals surface area contributed by atoms with E-state index in [1.165, 1.54) is 0 Å². The molecule has 0 aromatic heterocycles. The Labute approximate surface area is 100 Å². The summed E-state index contributed by atoms with van der Waals surface area (Å²) in [7, 11) is 0. The zero-order chi connectivity index (χ0) is 11.3. The summed E-state index contributed by atoms with van der Waals surface area (Å²) in [4.78, 5) is 0. The van der Waals surface area contributed by atoms with E-state index in [4.69, 9.17) is 23.2 Å². The molecular weight excluding hydrogens is 233 g/mol. The zero-order valence-electron chi connectivity index (χ0n) is 8.63. The van der Waals surface area contributed by atoms with Gasteiger partial charge in [0, 0.05) is 12.1 Å². The van der Waals surface area contributed by atoms with Crippen LogP contribution in [0.15, 0.2) is 18.2 Å². The van der Waals surface area contributed by atoms with Crippen LogP contribution in [0.5, 0.6) is 0 Å². The summed E-state index contributed by atoms with van der Waals surface area (Å²) in [5.74, 6) is 0. The van der Waals surface area contributed by atoms with Crippen LogP contribution in [0.25, 0.3) is 0 Å². The second-order valence-electron chi connectivity index (χ2n) is 3.36. The number of aliphatic hydroxyl groups is 1.